The highest BCUT2D eigenvalue weighted by Gasteiger charge is 2.34. The molecule has 0 bridgehead atoms. The monoisotopic (exact) mass is 208 g/mol. The molecule has 0 radical (unpaired) electrons. The smallest absolute Gasteiger partial charge is 0.0601 e. The zero-order valence-corrected chi connectivity index (χ0v) is 10.1. The highest BCUT2D eigenvalue weighted by atomic mass is 15.2. The first-order valence-electron chi connectivity index (χ1n) is 6.21. The van der Waals surface area contributed by atoms with Crippen molar-refractivity contribution < 1.29 is 0 Å². The van der Waals surface area contributed by atoms with E-state index >= 15 is 0 Å². The van der Waals surface area contributed by atoms with Crippen LogP contribution in [0.5, 0.6) is 0 Å². The van der Waals surface area contributed by atoms with Gasteiger partial charge < -0.3 is 5.32 Å². The zero-order chi connectivity index (χ0) is 11.1. The molecular formula is C13H24N2. The SMILES string of the molecule is C#CCN(CCC)C1CCC1CNCC. The fourth-order valence-electron chi connectivity index (χ4n) is 2.37. The predicted octanol–water partition coefficient (Wildman–Crippen LogP) is 1.72. The molecule has 2 nitrogen and oxygen atoms in total. The van der Waals surface area contributed by atoms with Gasteiger partial charge in [0.2, 0.25) is 0 Å². The molecule has 1 aliphatic rings. The highest BCUT2D eigenvalue weighted by molar-refractivity contribution is 4.96. The van der Waals surface area contributed by atoms with Gasteiger partial charge in [0.25, 0.3) is 0 Å². The van der Waals surface area contributed by atoms with Crippen LogP contribution in [0.4, 0.5) is 0 Å². The van der Waals surface area contributed by atoms with Crippen molar-refractivity contribution in [3.05, 3.63) is 0 Å². The van der Waals surface area contributed by atoms with Crippen LogP contribution in [-0.2, 0) is 0 Å². The molecule has 2 heteroatoms. The zero-order valence-electron chi connectivity index (χ0n) is 10.1. The Hall–Kier alpha value is -0.520. The maximum absolute atomic E-state index is 5.41. The van der Waals surface area contributed by atoms with E-state index < -0.39 is 0 Å². The van der Waals surface area contributed by atoms with Crippen molar-refractivity contribution >= 4 is 0 Å². The summed E-state index contributed by atoms with van der Waals surface area (Å²) in [4.78, 5) is 2.48. The van der Waals surface area contributed by atoms with Crippen LogP contribution in [0.25, 0.3) is 0 Å². The molecule has 0 saturated heterocycles. The molecule has 2 unspecified atom stereocenters. The maximum atomic E-state index is 5.41. The van der Waals surface area contributed by atoms with Gasteiger partial charge in [0.1, 0.15) is 0 Å². The van der Waals surface area contributed by atoms with Crippen LogP contribution in [0.3, 0.4) is 0 Å². The summed E-state index contributed by atoms with van der Waals surface area (Å²) in [6.07, 6.45) is 9.31. The molecule has 1 N–H and O–H groups in total. The summed E-state index contributed by atoms with van der Waals surface area (Å²) in [6.45, 7) is 8.59. The first-order valence-corrected chi connectivity index (χ1v) is 6.21. The van der Waals surface area contributed by atoms with E-state index in [-0.39, 0.29) is 0 Å². The summed E-state index contributed by atoms with van der Waals surface area (Å²) in [5.41, 5.74) is 0. The Labute approximate surface area is 94.4 Å². The Morgan fingerprint density at radius 1 is 1.40 bits per heavy atom. The van der Waals surface area contributed by atoms with E-state index in [9.17, 15) is 0 Å². The van der Waals surface area contributed by atoms with Crippen molar-refractivity contribution in [1.29, 1.82) is 0 Å². The van der Waals surface area contributed by atoms with Gasteiger partial charge in [-0.1, -0.05) is 19.8 Å². The van der Waals surface area contributed by atoms with E-state index in [1.54, 1.807) is 0 Å². The molecule has 86 valence electrons. The minimum absolute atomic E-state index is 0.736. The third-order valence-electron chi connectivity index (χ3n) is 3.31. The molecular weight excluding hydrogens is 184 g/mol. The average Bonchev–Trinajstić information content (AvgIpc) is 2.17. The van der Waals surface area contributed by atoms with Crippen molar-refractivity contribution in [1.82, 2.24) is 10.2 Å². The van der Waals surface area contributed by atoms with Crippen molar-refractivity contribution in [2.75, 3.05) is 26.2 Å². The topological polar surface area (TPSA) is 15.3 Å². The minimum atomic E-state index is 0.736. The first kappa shape index (κ1) is 12.5. The number of rotatable bonds is 7. The Balaban J connectivity index is 2.35. The van der Waals surface area contributed by atoms with Gasteiger partial charge in [0.05, 0.1) is 6.54 Å². The van der Waals surface area contributed by atoms with Crippen molar-refractivity contribution in [2.45, 2.75) is 39.2 Å². The third kappa shape index (κ3) is 3.52. The Bertz CT molecular complexity index is 207. The number of nitrogens with one attached hydrogen (secondary N) is 1. The summed E-state index contributed by atoms with van der Waals surface area (Å²) in [5, 5.41) is 3.44. The van der Waals surface area contributed by atoms with Crippen LogP contribution in [0.1, 0.15) is 33.1 Å². The third-order valence-corrected chi connectivity index (χ3v) is 3.31. The van der Waals surface area contributed by atoms with Gasteiger partial charge in [0, 0.05) is 6.04 Å². The Morgan fingerprint density at radius 3 is 2.67 bits per heavy atom. The van der Waals surface area contributed by atoms with Crippen LogP contribution in [0.2, 0.25) is 0 Å². The Morgan fingerprint density at radius 2 is 2.20 bits per heavy atom. The number of hydrogen-bond donors (Lipinski definition) is 1. The molecule has 2 atom stereocenters. The quantitative estimate of drug-likeness (QED) is 0.641. The van der Waals surface area contributed by atoms with Crippen LogP contribution < -0.4 is 5.32 Å². The Kier molecular flexibility index (Phi) is 5.75. The summed E-state index contributed by atoms with van der Waals surface area (Å²) < 4.78 is 0. The second kappa shape index (κ2) is 6.87. The maximum Gasteiger partial charge on any atom is 0.0601 e. The molecule has 1 rings (SSSR count). The van der Waals surface area contributed by atoms with Crippen LogP contribution in [0.15, 0.2) is 0 Å². The van der Waals surface area contributed by atoms with E-state index in [2.05, 4.69) is 30.0 Å². The molecule has 1 aliphatic carbocycles. The van der Waals surface area contributed by atoms with E-state index in [0.717, 1.165) is 38.1 Å². The number of terminal acetylenes is 1. The van der Waals surface area contributed by atoms with Gasteiger partial charge >= 0.3 is 0 Å². The molecule has 0 aromatic carbocycles. The molecule has 0 aliphatic heterocycles. The van der Waals surface area contributed by atoms with Crippen molar-refractivity contribution in [2.24, 2.45) is 5.92 Å². The lowest BCUT2D eigenvalue weighted by Crippen LogP contribution is -2.50. The molecule has 0 spiro atoms. The van der Waals surface area contributed by atoms with E-state index in [1.165, 1.54) is 19.3 Å². The highest BCUT2D eigenvalue weighted by Crippen LogP contribution is 2.31. The van der Waals surface area contributed by atoms with Crippen molar-refractivity contribution in [3.63, 3.8) is 0 Å². The fraction of sp³-hybridized carbons (Fsp3) is 0.846. The second-order valence-electron chi connectivity index (χ2n) is 4.39. The van der Waals surface area contributed by atoms with E-state index in [1.807, 2.05) is 0 Å². The second-order valence-corrected chi connectivity index (χ2v) is 4.39. The molecule has 15 heavy (non-hydrogen) atoms. The lowest BCUT2D eigenvalue weighted by atomic mass is 9.78. The van der Waals surface area contributed by atoms with Crippen LogP contribution in [0, 0.1) is 18.3 Å². The van der Waals surface area contributed by atoms with Crippen molar-refractivity contribution in [3.8, 4) is 12.3 Å². The first-order chi connectivity index (χ1) is 7.33. The number of hydrogen-bond acceptors (Lipinski definition) is 2. The van der Waals surface area contributed by atoms with E-state index in [0.29, 0.717) is 0 Å². The summed E-state index contributed by atoms with van der Waals surface area (Å²) in [5.74, 6) is 3.61. The molecule has 0 aromatic rings. The summed E-state index contributed by atoms with van der Waals surface area (Å²) in [6, 6.07) is 0.736. The van der Waals surface area contributed by atoms with Crippen LogP contribution in [-0.4, -0.2) is 37.1 Å². The van der Waals surface area contributed by atoms with Gasteiger partial charge in [-0.25, -0.2) is 0 Å². The molecule has 0 heterocycles. The summed E-state index contributed by atoms with van der Waals surface area (Å²) >= 11 is 0. The fourth-order valence-corrected chi connectivity index (χ4v) is 2.37. The van der Waals surface area contributed by atoms with Crippen LogP contribution >= 0.6 is 0 Å². The average molecular weight is 208 g/mol. The van der Waals surface area contributed by atoms with Gasteiger partial charge in [-0.2, -0.15) is 0 Å². The standard InChI is InChI=1S/C13H24N2/c1-4-9-15(10-5-2)13-8-7-12(13)11-14-6-3/h1,12-14H,5-11H2,2-3H3. The number of nitrogens with zero attached hydrogens (tertiary/aromatic N) is 1. The lowest BCUT2D eigenvalue weighted by molar-refractivity contribution is 0.0734. The predicted molar refractivity (Wildman–Crippen MR) is 65.8 cm³/mol. The molecule has 1 saturated carbocycles. The summed E-state index contributed by atoms with van der Waals surface area (Å²) in [7, 11) is 0. The largest absolute Gasteiger partial charge is 0.317 e. The van der Waals surface area contributed by atoms with Gasteiger partial charge in [-0.15, -0.1) is 6.42 Å². The molecule has 0 aromatic heterocycles. The van der Waals surface area contributed by atoms with Gasteiger partial charge in [-0.3, -0.25) is 4.90 Å². The normalized spacial score (nSPS) is 24.9. The lowest BCUT2D eigenvalue weighted by Gasteiger charge is -2.44. The molecule has 0 amide bonds. The van der Waals surface area contributed by atoms with Gasteiger partial charge in [-0.05, 0) is 44.8 Å². The minimum Gasteiger partial charge on any atom is -0.317 e. The van der Waals surface area contributed by atoms with E-state index in [4.69, 9.17) is 6.42 Å². The van der Waals surface area contributed by atoms with Gasteiger partial charge in [0.15, 0.2) is 0 Å². The molecule has 1 fully saturated rings.